The van der Waals surface area contributed by atoms with Crippen molar-refractivity contribution in [3.05, 3.63) is 27.9 Å². The third kappa shape index (κ3) is 5.04. The fraction of sp³-hybridized carbons (Fsp3) is 0.333. The molecule has 4 rings (SSSR count). The second-order valence-corrected chi connectivity index (χ2v) is 10.4. The topological polar surface area (TPSA) is 196 Å². The highest BCUT2D eigenvalue weighted by atomic mass is 35.5. The van der Waals surface area contributed by atoms with Crippen LogP contribution in [0.25, 0.3) is 5.57 Å². The molecule has 1 saturated heterocycles. The molecule has 0 saturated carbocycles. The van der Waals surface area contributed by atoms with Gasteiger partial charge >= 0.3 is 11.9 Å². The zero-order valence-electron chi connectivity index (χ0n) is 18.3. The van der Waals surface area contributed by atoms with Gasteiger partial charge in [0.05, 0.1) is 18.4 Å². The molecule has 18 heteroatoms. The van der Waals surface area contributed by atoms with Gasteiger partial charge < -0.3 is 20.9 Å². The zero-order valence-corrected chi connectivity index (χ0v) is 21.5. The molecule has 2 aliphatic heterocycles. The summed E-state index contributed by atoms with van der Waals surface area (Å²) in [4.78, 5) is 54.4. The van der Waals surface area contributed by atoms with Crippen molar-refractivity contribution in [1.29, 1.82) is 0 Å². The van der Waals surface area contributed by atoms with Crippen LogP contribution in [-0.4, -0.2) is 89.0 Å². The molecular weight excluding hydrogens is 556 g/mol. The average molecular weight is 573 g/mol. The van der Waals surface area contributed by atoms with Gasteiger partial charge in [0.15, 0.2) is 5.13 Å². The number of aromatic nitrogens is 5. The summed E-state index contributed by atoms with van der Waals surface area (Å²) in [6.45, 7) is -0.203. The monoisotopic (exact) mass is 572 g/mol. The van der Waals surface area contributed by atoms with E-state index < -0.39 is 35.2 Å². The first-order valence-corrected chi connectivity index (χ1v) is 13.3. The van der Waals surface area contributed by atoms with Crippen molar-refractivity contribution in [2.24, 2.45) is 0 Å². The summed E-state index contributed by atoms with van der Waals surface area (Å²) in [6.07, 6.45) is 0. The highest BCUT2D eigenvalue weighted by Gasteiger charge is 2.54. The Kier molecular flexibility index (Phi) is 7.82. The van der Waals surface area contributed by atoms with E-state index in [1.807, 2.05) is 0 Å². The summed E-state index contributed by atoms with van der Waals surface area (Å²) in [5.41, 5.74) is 7.28. The Bertz CT molecular complexity index is 1290. The predicted molar refractivity (Wildman–Crippen MR) is 131 cm³/mol. The molecule has 1 fully saturated rings. The first kappa shape index (κ1) is 25.9. The summed E-state index contributed by atoms with van der Waals surface area (Å²) in [6, 6.07) is -0.944. The van der Waals surface area contributed by atoms with E-state index in [0.29, 0.717) is 5.57 Å². The number of hydrogen-bond donors (Lipinski definition) is 3. The molecule has 4 heterocycles. The molecule has 14 nitrogen and oxygen atoms in total. The number of nitrogens with one attached hydrogen (secondary N) is 1. The Morgan fingerprint density at radius 3 is 2.86 bits per heavy atom. The van der Waals surface area contributed by atoms with Crippen LogP contribution in [0.2, 0.25) is 0 Å². The van der Waals surface area contributed by atoms with Crippen LogP contribution in [0.4, 0.5) is 5.13 Å². The number of esters is 1. The molecule has 2 aromatic rings. The second-order valence-electron chi connectivity index (χ2n) is 7.20. The number of nitrogen functional groups attached to an aromatic ring is 1. The maximum absolute atomic E-state index is 12.9. The molecule has 0 aromatic carbocycles. The number of anilines is 1. The van der Waals surface area contributed by atoms with Crippen molar-refractivity contribution in [3.8, 4) is 0 Å². The SMILES string of the molecule is COC(=O)Cn1nnnc1SCC1=C(C(=O)O)N2C(=O)C(NC(=O)C(=CCl)c3csc(N)n3)[C@H]2SC1. The lowest BCUT2D eigenvalue weighted by atomic mass is 10.0. The highest BCUT2D eigenvalue weighted by Crippen LogP contribution is 2.41. The van der Waals surface area contributed by atoms with E-state index in [9.17, 15) is 24.3 Å². The summed E-state index contributed by atoms with van der Waals surface area (Å²) < 4.78 is 5.83. The van der Waals surface area contributed by atoms with Crippen molar-refractivity contribution < 1.29 is 29.0 Å². The van der Waals surface area contributed by atoms with Gasteiger partial charge in [0.1, 0.15) is 23.7 Å². The van der Waals surface area contributed by atoms with Gasteiger partial charge in [-0.2, -0.15) is 0 Å². The van der Waals surface area contributed by atoms with Crippen molar-refractivity contribution >= 4 is 80.9 Å². The molecule has 0 spiro atoms. The molecule has 190 valence electrons. The number of fused-ring (bicyclic) bond motifs is 1. The van der Waals surface area contributed by atoms with Crippen LogP contribution < -0.4 is 11.1 Å². The third-order valence-corrected chi connectivity index (χ3v) is 8.34. The second kappa shape index (κ2) is 10.9. The van der Waals surface area contributed by atoms with E-state index in [4.69, 9.17) is 17.3 Å². The Morgan fingerprint density at radius 2 is 2.22 bits per heavy atom. The number of halogens is 1. The molecule has 4 N–H and O–H groups in total. The number of methoxy groups -OCH3 is 1. The number of tetrazole rings is 1. The number of nitrogens with two attached hydrogens (primary N) is 1. The minimum atomic E-state index is -1.28. The molecule has 0 bridgehead atoms. The van der Waals surface area contributed by atoms with Gasteiger partial charge in [-0.1, -0.05) is 23.4 Å². The summed E-state index contributed by atoms with van der Waals surface area (Å²) in [5, 5.41) is 25.0. The molecule has 36 heavy (non-hydrogen) atoms. The molecule has 2 aromatic heterocycles. The quantitative estimate of drug-likeness (QED) is 0.157. The molecular formula is C18H17ClN8O6S3. The van der Waals surface area contributed by atoms with Crippen molar-refractivity contribution in [2.75, 3.05) is 24.3 Å². The van der Waals surface area contributed by atoms with E-state index in [2.05, 4.69) is 30.6 Å². The molecule has 1 unspecified atom stereocenters. The van der Waals surface area contributed by atoms with Crippen LogP contribution in [-0.2, 0) is 30.5 Å². The number of rotatable bonds is 9. The van der Waals surface area contributed by atoms with Crippen LogP contribution >= 0.6 is 46.5 Å². The minimum absolute atomic E-state index is 0.0347. The van der Waals surface area contributed by atoms with Crippen LogP contribution in [0.15, 0.2) is 27.3 Å². The van der Waals surface area contributed by atoms with Gasteiger partial charge in [-0.15, -0.1) is 28.2 Å². The number of hydrogen-bond acceptors (Lipinski definition) is 13. The lowest BCUT2D eigenvalue weighted by molar-refractivity contribution is -0.150. The number of carboxylic acids is 1. The van der Waals surface area contributed by atoms with Crippen molar-refractivity contribution in [3.63, 3.8) is 0 Å². The maximum Gasteiger partial charge on any atom is 0.352 e. The lowest BCUT2D eigenvalue weighted by Crippen LogP contribution is -2.70. The van der Waals surface area contributed by atoms with E-state index in [1.165, 1.54) is 23.6 Å². The number of aliphatic carboxylic acids is 1. The summed E-state index contributed by atoms with van der Waals surface area (Å²) in [7, 11) is 1.24. The summed E-state index contributed by atoms with van der Waals surface area (Å²) >= 11 is 9.36. The van der Waals surface area contributed by atoms with Crippen LogP contribution in [0.5, 0.6) is 0 Å². The standard InChI is InChI=1S/C18H17ClN8O6S3/c1-33-10(28)3-26-18(23-24-25-26)36-5-7-4-34-15-11(14(30)27(15)12(7)16(31)32)22-13(29)8(2-19)9-6-35-17(20)21-9/h2,6,11,15H,3-5H2,1H3,(H2,20,21)(H,22,29)(H,31,32)/t11?,15-/m1/s1. The number of amides is 2. The number of β-lactam (4-membered cyclic amide) rings is 1. The fourth-order valence-electron chi connectivity index (χ4n) is 3.38. The Labute approximate surface area is 220 Å². The van der Waals surface area contributed by atoms with Gasteiger partial charge in [0.25, 0.3) is 11.8 Å². The van der Waals surface area contributed by atoms with E-state index in [1.54, 1.807) is 5.38 Å². The number of carboxylic acid groups (broad SMARTS) is 1. The number of ether oxygens (including phenoxy) is 1. The van der Waals surface area contributed by atoms with E-state index in [0.717, 1.165) is 33.5 Å². The minimum Gasteiger partial charge on any atom is -0.477 e. The molecule has 2 amide bonds. The lowest BCUT2D eigenvalue weighted by Gasteiger charge is -2.49. The zero-order chi connectivity index (χ0) is 26.0. The molecule has 0 aliphatic carbocycles. The van der Waals surface area contributed by atoms with Crippen molar-refractivity contribution in [1.82, 2.24) is 35.4 Å². The van der Waals surface area contributed by atoms with Gasteiger partial charge in [0.2, 0.25) is 5.16 Å². The Morgan fingerprint density at radius 1 is 1.44 bits per heavy atom. The smallest absolute Gasteiger partial charge is 0.352 e. The number of carbonyl (C=O) groups is 4. The van der Waals surface area contributed by atoms with Gasteiger partial charge in [0, 0.05) is 22.4 Å². The first-order valence-electron chi connectivity index (χ1n) is 9.93. The Balaban J connectivity index is 1.46. The Hall–Kier alpha value is -3.15. The maximum atomic E-state index is 12.9. The first-order chi connectivity index (χ1) is 17.2. The van der Waals surface area contributed by atoms with Gasteiger partial charge in [-0.3, -0.25) is 19.3 Å². The van der Waals surface area contributed by atoms with E-state index >= 15 is 0 Å². The van der Waals surface area contributed by atoms with Crippen LogP contribution in [0, 0.1) is 0 Å². The number of carbonyl (C=O) groups excluding carboxylic acids is 3. The fourth-order valence-corrected chi connectivity index (χ4v) is 6.52. The normalized spacial score (nSPS) is 19.6. The molecule has 0 radical (unpaired) electrons. The largest absolute Gasteiger partial charge is 0.477 e. The third-order valence-electron chi connectivity index (χ3n) is 5.07. The van der Waals surface area contributed by atoms with Gasteiger partial charge in [-0.05, 0) is 16.0 Å². The van der Waals surface area contributed by atoms with Crippen LogP contribution in [0.3, 0.4) is 0 Å². The van der Waals surface area contributed by atoms with E-state index in [-0.39, 0.29) is 45.3 Å². The molecule has 2 aliphatic rings. The number of thiazole rings is 1. The number of nitrogens with zero attached hydrogens (tertiary/aromatic N) is 6. The highest BCUT2D eigenvalue weighted by molar-refractivity contribution is 8.01. The van der Waals surface area contributed by atoms with Gasteiger partial charge in [-0.25, -0.2) is 14.5 Å². The predicted octanol–water partition coefficient (Wildman–Crippen LogP) is -0.00460. The summed E-state index contributed by atoms with van der Waals surface area (Å²) in [5.74, 6) is -2.57. The van der Waals surface area contributed by atoms with Crippen molar-refractivity contribution in [2.45, 2.75) is 23.1 Å². The average Bonchev–Trinajstić information content (AvgIpc) is 3.49. The number of thioether (sulfide) groups is 2. The molecule has 2 atom stereocenters. The van der Waals surface area contributed by atoms with Crippen LogP contribution in [0.1, 0.15) is 5.69 Å².